The van der Waals surface area contributed by atoms with Gasteiger partial charge in [0, 0.05) is 26.7 Å². The Morgan fingerprint density at radius 3 is 2.24 bits per heavy atom. The molecule has 1 aromatic carbocycles. The standard InChI is InChI=1S/C18H30N4O2.HI/c1-18(2,3)24-17(23)22-13-8-12-20-16(19-4)21-14-11-15-9-6-5-7-10-15;/h5-7,9-10H,8,11-14H2,1-4H3,(H,22,23)(H2,19,20,21);1H. The van der Waals surface area contributed by atoms with Crippen molar-refractivity contribution >= 4 is 36.0 Å². The van der Waals surface area contributed by atoms with Crippen molar-refractivity contribution in [3.05, 3.63) is 35.9 Å². The third-order valence-corrected chi connectivity index (χ3v) is 3.09. The molecule has 7 heteroatoms. The largest absolute Gasteiger partial charge is 0.444 e. The van der Waals surface area contributed by atoms with Crippen LogP contribution in [0.1, 0.15) is 32.8 Å². The average Bonchev–Trinajstić information content (AvgIpc) is 2.52. The second-order valence-corrected chi connectivity index (χ2v) is 6.44. The fourth-order valence-corrected chi connectivity index (χ4v) is 1.99. The van der Waals surface area contributed by atoms with Gasteiger partial charge in [-0.15, -0.1) is 24.0 Å². The molecule has 0 unspecified atom stereocenters. The number of nitrogens with one attached hydrogen (secondary N) is 3. The molecule has 0 aromatic heterocycles. The molecule has 0 atom stereocenters. The van der Waals surface area contributed by atoms with Crippen molar-refractivity contribution in [1.29, 1.82) is 0 Å². The summed E-state index contributed by atoms with van der Waals surface area (Å²) in [7, 11) is 1.75. The summed E-state index contributed by atoms with van der Waals surface area (Å²) >= 11 is 0. The maximum Gasteiger partial charge on any atom is 0.407 e. The number of aliphatic imine (C=N–C) groups is 1. The Labute approximate surface area is 168 Å². The zero-order valence-corrected chi connectivity index (χ0v) is 17.9. The quantitative estimate of drug-likeness (QED) is 0.252. The van der Waals surface area contributed by atoms with Crippen molar-refractivity contribution in [3.8, 4) is 0 Å². The van der Waals surface area contributed by atoms with Crippen molar-refractivity contribution in [3.63, 3.8) is 0 Å². The lowest BCUT2D eigenvalue weighted by atomic mass is 10.1. The predicted octanol–water partition coefficient (Wildman–Crippen LogP) is 2.93. The van der Waals surface area contributed by atoms with Gasteiger partial charge in [-0.05, 0) is 39.2 Å². The molecule has 25 heavy (non-hydrogen) atoms. The summed E-state index contributed by atoms with van der Waals surface area (Å²) in [6, 6.07) is 10.3. The van der Waals surface area contributed by atoms with E-state index in [9.17, 15) is 4.79 Å². The van der Waals surface area contributed by atoms with Gasteiger partial charge in [0.2, 0.25) is 0 Å². The zero-order chi connectivity index (χ0) is 17.8. The average molecular weight is 462 g/mol. The highest BCUT2D eigenvalue weighted by molar-refractivity contribution is 14.0. The fourth-order valence-electron chi connectivity index (χ4n) is 1.99. The van der Waals surface area contributed by atoms with Gasteiger partial charge in [-0.25, -0.2) is 4.79 Å². The molecule has 0 radical (unpaired) electrons. The van der Waals surface area contributed by atoms with Gasteiger partial charge in [0.25, 0.3) is 0 Å². The first-order chi connectivity index (χ1) is 11.4. The van der Waals surface area contributed by atoms with Gasteiger partial charge >= 0.3 is 6.09 Å². The lowest BCUT2D eigenvalue weighted by Gasteiger charge is -2.19. The van der Waals surface area contributed by atoms with Crippen LogP contribution in [0.5, 0.6) is 0 Å². The molecule has 3 N–H and O–H groups in total. The Morgan fingerprint density at radius 2 is 1.64 bits per heavy atom. The molecule has 0 aliphatic carbocycles. The molecule has 6 nitrogen and oxygen atoms in total. The van der Waals surface area contributed by atoms with E-state index < -0.39 is 5.60 Å². The van der Waals surface area contributed by atoms with Gasteiger partial charge < -0.3 is 20.7 Å². The summed E-state index contributed by atoms with van der Waals surface area (Å²) in [6.45, 7) is 7.64. The highest BCUT2D eigenvalue weighted by Crippen LogP contribution is 2.06. The number of rotatable bonds is 7. The highest BCUT2D eigenvalue weighted by atomic mass is 127. The van der Waals surface area contributed by atoms with Crippen molar-refractivity contribution in [1.82, 2.24) is 16.0 Å². The van der Waals surface area contributed by atoms with Gasteiger partial charge in [0.15, 0.2) is 5.96 Å². The molecule has 0 saturated heterocycles. The number of carbonyl (C=O) groups is 1. The number of carbonyl (C=O) groups excluding carboxylic acids is 1. The van der Waals surface area contributed by atoms with Gasteiger partial charge in [0.1, 0.15) is 5.60 Å². The van der Waals surface area contributed by atoms with Crippen LogP contribution in [0.25, 0.3) is 0 Å². The summed E-state index contributed by atoms with van der Waals surface area (Å²) in [5, 5.41) is 9.23. The first kappa shape index (κ1) is 23.5. The fraction of sp³-hybridized carbons (Fsp3) is 0.556. The van der Waals surface area contributed by atoms with E-state index >= 15 is 0 Å². The molecular weight excluding hydrogens is 431 g/mol. The van der Waals surface area contributed by atoms with Gasteiger partial charge in [-0.3, -0.25) is 4.99 Å². The Morgan fingerprint density at radius 1 is 1.04 bits per heavy atom. The second kappa shape index (κ2) is 12.8. The van der Waals surface area contributed by atoms with Crippen LogP contribution in [0, 0.1) is 0 Å². The Bertz CT molecular complexity index is 516. The van der Waals surface area contributed by atoms with Crippen LogP contribution in [0.15, 0.2) is 35.3 Å². The van der Waals surface area contributed by atoms with Gasteiger partial charge in [0.05, 0.1) is 0 Å². The smallest absolute Gasteiger partial charge is 0.407 e. The minimum absolute atomic E-state index is 0. The van der Waals surface area contributed by atoms with E-state index in [2.05, 4.69) is 33.1 Å². The number of ether oxygens (including phenoxy) is 1. The second-order valence-electron chi connectivity index (χ2n) is 6.44. The number of halogens is 1. The van der Waals surface area contributed by atoms with E-state index in [0.29, 0.717) is 6.54 Å². The number of hydrogen-bond acceptors (Lipinski definition) is 3. The third kappa shape index (κ3) is 12.5. The molecule has 0 fully saturated rings. The number of alkyl carbamates (subject to hydrolysis) is 1. The van der Waals surface area contributed by atoms with Gasteiger partial charge in [-0.1, -0.05) is 30.3 Å². The van der Waals surface area contributed by atoms with Crippen LogP contribution in [0.4, 0.5) is 4.79 Å². The van der Waals surface area contributed by atoms with E-state index in [0.717, 1.165) is 31.9 Å². The number of benzene rings is 1. The third-order valence-electron chi connectivity index (χ3n) is 3.09. The molecule has 142 valence electrons. The van der Waals surface area contributed by atoms with Crippen LogP contribution in [-0.4, -0.2) is 44.3 Å². The number of nitrogens with zero attached hydrogens (tertiary/aromatic N) is 1. The van der Waals surface area contributed by atoms with Crippen LogP contribution >= 0.6 is 24.0 Å². The lowest BCUT2D eigenvalue weighted by Crippen LogP contribution is -2.40. The SMILES string of the molecule is CN=C(NCCCNC(=O)OC(C)(C)C)NCCc1ccccc1.I. The molecule has 0 heterocycles. The summed E-state index contributed by atoms with van der Waals surface area (Å²) < 4.78 is 5.18. The van der Waals surface area contributed by atoms with E-state index in [1.165, 1.54) is 5.56 Å². The highest BCUT2D eigenvalue weighted by Gasteiger charge is 2.15. The Kier molecular flexibility index (Phi) is 12.0. The first-order valence-electron chi connectivity index (χ1n) is 8.36. The maximum absolute atomic E-state index is 11.5. The Balaban J connectivity index is 0.00000576. The van der Waals surface area contributed by atoms with Crippen LogP contribution in [0.3, 0.4) is 0 Å². The monoisotopic (exact) mass is 462 g/mol. The predicted molar refractivity (Wildman–Crippen MR) is 114 cm³/mol. The number of amides is 1. The topological polar surface area (TPSA) is 74.8 Å². The normalized spacial score (nSPS) is 11.3. The van der Waals surface area contributed by atoms with Crippen LogP contribution in [0.2, 0.25) is 0 Å². The van der Waals surface area contributed by atoms with Crippen molar-refractivity contribution < 1.29 is 9.53 Å². The zero-order valence-electron chi connectivity index (χ0n) is 15.6. The minimum atomic E-state index is -0.465. The van der Waals surface area contributed by atoms with E-state index in [4.69, 9.17) is 4.74 Å². The molecule has 1 amide bonds. The Hall–Kier alpha value is -1.51. The van der Waals surface area contributed by atoms with Crippen molar-refractivity contribution in [2.45, 2.75) is 39.2 Å². The summed E-state index contributed by atoms with van der Waals surface area (Å²) in [6.07, 6.45) is 1.35. The summed E-state index contributed by atoms with van der Waals surface area (Å²) in [4.78, 5) is 15.7. The van der Waals surface area contributed by atoms with Crippen LogP contribution in [-0.2, 0) is 11.2 Å². The number of guanidine groups is 1. The van der Waals surface area contributed by atoms with E-state index in [1.54, 1.807) is 7.05 Å². The molecular formula is C18H31IN4O2. The molecule has 1 aromatic rings. The molecule has 0 spiro atoms. The van der Waals surface area contributed by atoms with E-state index in [1.807, 2.05) is 39.0 Å². The minimum Gasteiger partial charge on any atom is -0.444 e. The molecule has 0 saturated carbocycles. The maximum atomic E-state index is 11.5. The first-order valence-corrected chi connectivity index (χ1v) is 8.36. The summed E-state index contributed by atoms with van der Waals surface area (Å²) in [5.74, 6) is 0.767. The molecule has 0 aliphatic heterocycles. The van der Waals surface area contributed by atoms with Crippen molar-refractivity contribution in [2.75, 3.05) is 26.7 Å². The van der Waals surface area contributed by atoms with Crippen molar-refractivity contribution in [2.24, 2.45) is 4.99 Å². The molecule has 1 rings (SSSR count). The van der Waals surface area contributed by atoms with E-state index in [-0.39, 0.29) is 30.1 Å². The molecule has 0 bridgehead atoms. The molecule has 0 aliphatic rings. The van der Waals surface area contributed by atoms with Crippen LogP contribution < -0.4 is 16.0 Å². The number of hydrogen-bond donors (Lipinski definition) is 3. The lowest BCUT2D eigenvalue weighted by molar-refractivity contribution is 0.0527. The summed E-state index contributed by atoms with van der Waals surface area (Å²) in [5.41, 5.74) is 0.828. The van der Waals surface area contributed by atoms with Gasteiger partial charge in [-0.2, -0.15) is 0 Å².